The van der Waals surface area contributed by atoms with Gasteiger partial charge in [0.05, 0.1) is 10.6 Å². The highest BCUT2D eigenvalue weighted by atomic mass is 32.2. The molecule has 0 aliphatic carbocycles. The van der Waals surface area contributed by atoms with Crippen LogP contribution in [0.25, 0.3) is 0 Å². The van der Waals surface area contributed by atoms with Gasteiger partial charge in [0.1, 0.15) is 5.82 Å². The van der Waals surface area contributed by atoms with Gasteiger partial charge in [-0.1, -0.05) is 30.3 Å². The third-order valence-electron chi connectivity index (χ3n) is 4.21. The van der Waals surface area contributed by atoms with Crippen LogP contribution < -0.4 is 10.0 Å². The number of anilines is 2. The van der Waals surface area contributed by atoms with E-state index in [-0.39, 0.29) is 16.1 Å². The molecule has 0 unspecified atom stereocenters. The van der Waals surface area contributed by atoms with Crippen LogP contribution in [0.2, 0.25) is 0 Å². The van der Waals surface area contributed by atoms with Gasteiger partial charge in [-0.3, -0.25) is 9.52 Å². The Hall–Kier alpha value is -3.19. The minimum atomic E-state index is -3.89. The van der Waals surface area contributed by atoms with Crippen LogP contribution in [0, 0.1) is 19.7 Å². The number of carbonyl (C=O) groups is 1. The first-order valence-electron chi connectivity index (χ1n) is 8.52. The Morgan fingerprint density at radius 2 is 1.64 bits per heavy atom. The van der Waals surface area contributed by atoms with Gasteiger partial charge in [0.2, 0.25) is 0 Å². The molecule has 1 amide bonds. The molecule has 0 aliphatic rings. The van der Waals surface area contributed by atoms with E-state index < -0.39 is 21.7 Å². The van der Waals surface area contributed by atoms with Crippen molar-refractivity contribution in [2.45, 2.75) is 18.7 Å². The summed E-state index contributed by atoms with van der Waals surface area (Å²) >= 11 is 0. The van der Waals surface area contributed by atoms with Gasteiger partial charge in [-0.25, -0.2) is 12.8 Å². The number of carbonyl (C=O) groups excluding carboxylic acids is 1. The monoisotopic (exact) mass is 398 g/mol. The molecule has 5 nitrogen and oxygen atoms in total. The van der Waals surface area contributed by atoms with E-state index in [4.69, 9.17) is 0 Å². The molecule has 0 radical (unpaired) electrons. The molecule has 0 bridgehead atoms. The van der Waals surface area contributed by atoms with Gasteiger partial charge in [0.25, 0.3) is 15.9 Å². The lowest BCUT2D eigenvalue weighted by Crippen LogP contribution is -2.17. The van der Waals surface area contributed by atoms with E-state index in [1.807, 2.05) is 6.07 Å². The summed E-state index contributed by atoms with van der Waals surface area (Å²) in [6, 6.07) is 16.9. The quantitative estimate of drug-likeness (QED) is 0.665. The van der Waals surface area contributed by atoms with Crippen LogP contribution in [-0.2, 0) is 10.0 Å². The molecule has 0 aliphatic heterocycles. The molecule has 0 saturated heterocycles. The number of amides is 1. The number of hydrogen-bond donors (Lipinski definition) is 2. The Bertz CT molecular complexity index is 1140. The largest absolute Gasteiger partial charge is 0.322 e. The van der Waals surface area contributed by atoms with E-state index in [0.717, 1.165) is 5.56 Å². The normalized spacial score (nSPS) is 11.1. The summed E-state index contributed by atoms with van der Waals surface area (Å²) in [6.45, 7) is 3.45. The van der Waals surface area contributed by atoms with E-state index >= 15 is 0 Å². The lowest BCUT2D eigenvalue weighted by Gasteiger charge is -2.13. The maximum Gasteiger partial charge on any atom is 0.262 e. The number of sulfonamides is 1. The van der Waals surface area contributed by atoms with Crippen molar-refractivity contribution in [1.82, 2.24) is 0 Å². The number of para-hydroxylation sites is 1. The van der Waals surface area contributed by atoms with Gasteiger partial charge in [-0.15, -0.1) is 0 Å². The maximum absolute atomic E-state index is 13.3. The van der Waals surface area contributed by atoms with E-state index in [0.29, 0.717) is 11.3 Å². The zero-order chi connectivity index (χ0) is 20.3. The third-order valence-corrected chi connectivity index (χ3v) is 5.72. The van der Waals surface area contributed by atoms with Crippen LogP contribution >= 0.6 is 0 Å². The van der Waals surface area contributed by atoms with E-state index in [2.05, 4.69) is 10.0 Å². The minimum Gasteiger partial charge on any atom is -0.322 e. The van der Waals surface area contributed by atoms with Crippen LogP contribution in [-0.4, -0.2) is 14.3 Å². The molecule has 3 aromatic carbocycles. The SMILES string of the molecule is Cc1ccccc1NS(=O)(=O)c1cc(C(=O)Nc2cccc(F)c2)ccc1C. The highest BCUT2D eigenvalue weighted by Gasteiger charge is 2.20. The summed E-state index contributed by atoms with van der Waals surface area (Å²) in [6.07, 6.45) is 0. The maximum atomic E-state index is 13.3. The second-order valence-electron chi connectivity index (χ2n) is 6.37. The van der Waals surface area contributed by atoms with Crippen LogP contribution in [0.15, 0.2) is 71.6 Å². The summed E-state index contributed by atoms with van der Waals surface area (Å²) in [5, 5.41) is 2.56. The molecule has 0 heterocycles. The summed E-state index contributed by atoms with van der Waals surface area (Å²) in [5.41, 5.74) is 2.19. The average molecular weight is 398 g/mol. The third kappa shape index (κ3) is 4.37. The van der Waals surface area contributed by atoms with Crippen LogP contribution in [0.4, 0.5) is 15.8 Å². The number of nitrogens with one attached hydrogen (secondary N) is 2. The van der Waals surface area contributed by atoms with Gasteiger partial charge in [-0.2, -0.15) is 0 Å². The molecule has 7 heteroatoms. The zero-order valence-electron chi connectivity index (χ0n) is 15.4. The smallest absolute Gasteiger partial charge is 0.262 e. The Kier molecular flexibility index (Phi) is 5.46. The minimum absolute atomic E-state index is 0.00245. The molecule has 0 saturated carbocycles. The summed E-state index contributed by atoms with van der Waals surface area (Å²) in [4.78, 5) is 12.5. The molecule has 0 atom stereocenters. The summed E-state index contributed by atoms with van der Waals surface area (Å²) in [7, 11) is -3.89. The van der Waals surface area contributed by atoms with Gasteiger partial charge in [0.15, 0.2) is 0 Å². The van der Waals surface area contributed by atoms with Crippen molar-refractivity contribution in [2.75, 3.05) is 10.0 Å². The first kappa shape index (κ1) is 19.6. The van der Waals surface area contributed by atoms with Crippen molar-refractivity contribution in [1.29, 1.82) is 0 Å². The number of benzene rings is 3. The van der Waals surface area contributed by atoms with Crippen molar-refractivity contribution in [3.05, 3.63) is 89.2 Å². The molecule has 28 heavy (non-hydrogen) atoms. The molecule has 0 spiro atoms. The molecule has 3 aromatic rings. The lowest BCUT2D eigenvalue weighted by molar-refractivity contribution is 0.102. The van der Waals surface area contributed by atoms with Gasteiger partial charge in [0, 0.05) is 11.3 Å². The second-order valence-corrected chi connectivity index (χ2v) is 8.02. The number of aryl methyl sites for hydroxylation is 2. The zero-order valence-corrected chi connectivity index (χ0v) is 16.2. The lowest BCUT2D eigenvalue weighted by atomic mass is 10.1. The van der Waals surface area contributed by atoms with Crippen LogP contribution in [0.1, 0.15) is 21.5 Å². The highest BCUT2D eigenvalue weighted by Crippen LogP contribution is 2.23. The van der Waals surface area contributed by atoms with E-state index in [9.17, 15) is 17.6 Å². The topological polar surface area (TPSA) is 75.3 Å². The molecular weight excluding hydrogens is 379 g/mol. The van der Waals surface area contributed by atoms with Crippen molar-refractivity contribution < 1.29 is 17.6 Å². The Morgan fingerprint density at radius 3 is 2.36 bits per heavy atom. The molecule has 0 fully saturated rings. The Morgan fingerprint density at radius 1 is 0.893 bits per heavy atom. The van der Waals surface area contributed by atoms with Gasteiger partial charge >= 0.3 is 0 Å². The molecule has 0 aromatic heterocycles. The molecule has 144 valence electrons. The Labute approximate surface area is 163 Å². The van der Waals surface area contributed by atoms with Crippen molar-refractivity contribution in [2.24, 2.45) is 0 Å². The standard InChI is InChI=1S/C21H19FN2O3S/c1-14-6-3-4-9-19(14)24-28(26,27)20-12-16(11-10-15(20)2)21(25)23-18-8-5-7-17(22)13-18/h3-13,24H,1-2H3,(H,23,25). The first-order chi connectivity index (χ1) is 13.3. The van der Waals surface area contributed by atoms with Crippen molar-refractivity contribution in [3.63, 3.8) is 0 Å². The fourth-order valence-corrected chi connectivity index (χ4v) is 4.09. The van der Waals surface area contributed by atoms with Crippen LogP contribution in [0.5, 0.6) is 0 Å². The molecule has 2 N–H and O–H groups in total. The summed E-state index contributed by atoms with van der Waals surface area (Å²) in [5.74, 6) is -1.01. The fourth-order valence-electron chi connectivity index (χ4n) is 2.69. The fraction of sp³-hybridized carbons (Fsp3) is 0.0952. The van der Waals surface area contributed by atoms with Gasteiger partial charge in [-0.05, 0) is 61.4 Å². The predicted molar refractivity (Wildman–Crippen MR) is 108 cm³/mol. The first-order valence-corrected chi connectivity index (χ1v) is 10.0. The Balaban J connectivity index is 1.90. The summed E-state index contributed by atoms with van der Waals surface area (Å²) < 4.78 is 41.6. The number of hydrogen-bond acceptors (Lipinski definition) is 3. The van der Waals surface area contributed by atoms with E-state index in [1.54, 1.807) is 44.2 Å². The second kappa shape index (κ2) is 7.82. The van der Waals surface area contributed by atoms with E-state index in [1.165, 1.54) is 30.3 Å². The highest BCUT2D eigenvalue weighted by molar-refractivity contribution is 7.92. The number of rotatable bonds is 5. The average Bonchev–Trinajstić information content (AvgIpc) is 2.63. The molecule has 3 rings (SSSR count). The van der Waals surface area contributed by atoms with Crippen LogP contribution in [0.3, 0.4) is 0 Å². The predicted octanol–water partition coefficient (Wildman–Crippen LogP) is 4.50. The van der Waals surface area contributed by atoms with Gasteiger partial charge < -0.3 is 5.32 Å². The number of halogens is 1. The van der Waals surface area contributed by atoms with Crippen molar-refractivity contribution >= 4 is 27.3 Å². The molecular formula is C21H19FN2O3S. The van der Waals surface area contributed by atoms with Crippen molar-refractivity contribution in [3.8, 4) is 0 Å².